The molecule has 0 fully saturated rings. The Balaban J connectivity index is 2.55. The van der Waals surface area contributed by atoms with Gasteiger partial charge in [-0.05, 0) is 47.5 Å². The molecule has 0 saturated heterocycles. The van der Waals surface area contributed by atoms with E-state index in [-0.39, 0.29) is 0 Å². The zero-order valence-electron chi connectivity index (χ0n) is 8.11. The molecule has 0 radical (unpaired) electrons. The van der Waals surface area contributed by atoms with Crippen molar-refractivity contribution in [1.29, 1.82) is 0 Å². The molecule has 0 aliphatic heterocycles. The van der Waals surface area contributed by atoms with E-state index in [9.17, 15) is 0 Å². The first-order valence-corrected chi connectivity index (χ1v) is 6.01. The minimum Gasteiger partial charge on any atom is -0.384 e. The summed E-state index contributed by atoms with van der Waals surface area (Å²) >= 11 is 6.92. The van der Waals surface area contributed by atoms with Gasteiger partial charge in [-0.25, -0.2) is 0 Å². The van der Waals surface area contributed by atoms with Gasteiger partial charge in [-0.3, -0.25) is 0 Å². The fourth-order valence-electron chi connectivity index (χ4n) is 1.04. The van der Waals surface area contributed by atoms with E-state index in [0.717, 1.165) is 27.6 Å². The van der Waals surface area contributed by atoms with E-state index in [4.69, 9.17) is 0 Å². The van der Waals surface area contributed by atoms with Crippen LogP contribution in [-0.4, -0.2) is 6.54 Å². The lowest BCUT2D eigenvalue weighted by Gasteiger charge is -2.08. The molecule has 14 heavy (non-hydrogen) atoms. The van der Waals surface area contributed by atoms with Gasteiger partial charge in [-0.2, -0.15) is 0 Å². The zero-order chi connectivity index (χ0) is 10.6. The molecule has 0 unspecified atom stereocenters. The van der Waals surface area contributed by atoms with Crippen LogP contribution in [0, 0.1) is 0 Å². The summed E-state index contributed by atoms with van der Waals surface area (Å²) in [5, 5.41) is 3.34. The highest BCUT2D eigenvalue weighted by atomic mass is 79.9. The Morgan fingerprint density at radius 1 is 1.43 bits per heavy atom. The second-order valence-corrected chi connectivity index (χ2v) is 5.03. The smallest absolute Gasteiger partial charge is 0.0485 e. The average Bonchev–Trinajstić information content (AvgIpc) is 2.08. The van der Waals surface area contributed by atoms with Crippen molar-refractivity contribution in [3.05, 3.63) is 39.3 Å². The molecule has 1 aromatic carbocycles. The fourth-order valence-corrected chi connectivity index (χ4v) is 2.23. The van der Waals surface area contributed by atoms with Gasteiger partial charge in [0.25, 0.3) is 0 Å². The molecule has 0 atom stereocenters. The van der Waals surface area contributed by atoms with Crippen molar-refractivity contribution in [2.75, 3.05) is 11.9 Å². The molecule has 76 valence electrons. The summed E-state index contributed by atoms with van der Waals surface area (Å²) in [6, 6.07) is 6.10. The Kier molecular flexibility index (Phi) is 4.69. The average molecular weight is 319 g/mol. The Morgan fingerprint density at radius 2 is 2.14 bits per heavy atom. The molecule has 1 nitrogen and oxygen atoms in total. The summed E-state index contributed by atoms with van der Waals surface area (Å²) in [5.74, 6) is 0. The Hall–Kier alpha value is -0.280. The van der Waals surface area contributed by atoms with Gasteiger partial charge in [-0.15, -0.1) is 6.58 Å². The molecule has 0 aliphatic rings. The number of anilines is 1. The van der Waals surface area contributed by atoms with Crippen molar-refractivity contribution in [2.45, 2.75) is 13.3 Å². The molecular formula is C11H13Br2N. The van der Waals surface area contributed by atoms with Crippen LogP contribution in [0.1, 0.15) is 13.3 Å². The molecule has 3 heteroatoms. The summed E-state index contributed by atoms with van der Waals surface area (Å²) in [6.45, 7) is 6.83. The van der Waals surface area contributed by atoms with Crippen LogP contribution in [0.2, 0.25) is 0 Å². The summed E-state index contributed by atoms with van der Waals surface area (Å²) in [4.78, 5) is 0. The molecule has 0 aliphatic carbocycles. The first-order valence-electron chi connectivity index (χ1n) is 4.43. The predicted molar refractivity (Wildman–Crippen MR) is 69.8 cm³/mol. The van der Waals surface area contributed by atoms with Crippen LogP contribution in [0.3, 0.4) is 0 Å². The summed E-state index contributed by atoms with van der Waals surface area (Å²) in [7, 11) is 0. The monoisotopic (exact) mass is 317 g/mol. The highest BCUT2D eigenvalue weighted by molar-refractivity contribution is 9.11. The van der Waals surface area contributed by atoms with Crippen LogP contribution in [0.25, 0.3) is 0 Å². The third-order valence-electron chi connectivity index (χ3n) is 1.80. The number of nitrogens with one attached hydrogen (secondary N) is 1. The molecule has 0 heterocycles. The van der Waals surface area contributed by atoms with Crippen LogP contribution in [-0.2, 0) is 0 Å². The summed E-state index contributed by atoms with van der Waals surface area (Å²) < 4.78 is 2.16. The zero-order valence-corrected chi connectivity index (χ0v) is 11.3. The van der Waals surface area contributed by atoms with Gasteiger partial charge >= 0.3 is 0 Å². The van der Waals surface area contributed by atoms with Gasteiger partial charge in [0.05, 0.1) is 0 Å². The standard InChI is InChI=1S/C11H13Br2N/c1-8(2)5-6-14-11-4-3-9(12)7-10(11)13/h3-4,7,14H,1,5-6H2,2H3. The third-order valence-corrected chi connectivity index (χ3v) is 2.95. The first kappa shape index (κ1) is 11.8. The lowest BCUT2D eigenvalue weighted by atomic mass is 10.2. The largest absolute Gasteiger partial charge is 0.384 e. The van der Waals surface area contributed by atoms with Crippen molar-refractivity contribution in [2.24, 2.45) is 0 Å². The first-order chi connectivity index (χ1) is 6.59. The van der Waals surface area contributed by atoms with Gasteiger partial charge in [0.1, 0.15) is 0 Å². The normalized spacial score (nSPS) is 9.93. The predicted octanol–water partition coefficient (Wildman–Crippen LogP) is 4.59. The molecule has 1 N–H and O–H groups in total. The van der Waals surface area contributed by atoms with Crippen LogP contribution >= 0.6 is 31.9 Å². The molecule has 0 spiro atoms. The van der Waals surface area contributed by atoms with E-state index in [2.05, 4.69) is 43.8 Å². The van der Waals surface area contributed by atoms with E-state index < -0.39 is 0 Å². The number of hydrogen-bond donors (Lipinski definition) is 1. The maximum atomic E-state index is 3.86. The number of benzene rings is 1. The minimum atomic E-state index is 0.926. The van der Waals surface area contributed by atoms with Crippen LogP contribution in [0.15, 0.2) is 39.3 Å². The summed E-state index contributed by atoms with van der Waals surface area (Å²) in [5.41, 5.74) is 2.32. The Morgan fingerprint density at radius 3 is 2.71 bits per heavy atom. The van der Waals surface area contributed by atoms with Crippen molar-refractivity contribution in [3.8, 4) is 0 Å². The fraction of sp³-hybridized carbons (Fsp3) is 0.273. The quantitative estimate of drug-likeness (QED) is 0.801. The SMILES string of the molecule is C=C(C)CCNc1ccc(Br)cc1Br. The van der Waals surface area contributed by atoms with Crippen molar-refractivity contribution >= 4 is 37.5 Å². The third kappa shape index (κ3) is 3.84. The van der Waals surface area contributed by atoms with Crippen LogP contribution in [0.4, 0.5) is 5.69 Å². The number of hydrogen-bond acceptors (Lipinski definition) is 1. The molecule has 0 amide bonds. The van der Waals surface area contributed by atoms with Gasteiger partial charge in [-0.1, -0.05) is 21.5 Å². The molecule has 0 aromatic heterocycles. The Bertz CT molecular complexity index is 334. The van der Waals surface area contributed by atoms with Crippen molar-refractivity contribution < 1.29 is 0 Å². The highest BCUT2D eigenvalue weighted by Crippen LogP contribution is 2.26. The second-order valence-electron chi connectivity index (χ2n) is 3.26. The molecule has 0 bridgehead atoms. The second kappa shape index (κ2) is 5.56. The number of halogens is 2. The maximum absolute atomic E-state index is 3.86. The lowest BCUT2D eigenvalue weighted by Crippen LogP contribution is -2.01. The van der Waals surface area contributed by atoms with E-state index in [0.29, 0.717) is 0 Å². The van der Waals surface area contributed by atoms with Gasteiger partial charge in [0, 0.05) is 21.2 Å². The molecule has 0 saturated carbocycles. The minimum absolute atomic E-state index is 0.926. The molecular weight excluding hydrogens is 306 g/mol. The van der Waals surface area contributed by atoms with Crippen molar-refractivity contribution in [1.82, 2.24) is 0 Å². The van der Waals surface area contributed by atoms with E-state index >= 15 is 0 Å². The van der Waals surface area contributed by atoms with E-state index in [1.165, 1.54) is 5.57 Å². The maximum Gasteiger partial charge on any atom is 0.0485 e. The van der Waals surface area contributed by atoms with E-state index in [1.807, 2.05) is 25.1 Å². The van der Waals surface area contributed by atoms with Crippen LogP contribution in [0.5, 0.6) is 0 Å². The summed E-state index contributed by atoms with van der Waals surface area (Å²) in [6.07, 6.45) is 1.00. The van der Waals surface area contributed by atoms with Crippen molar-refractivity contribution in [3.63, 3.8) is 0 Å². The topological polar surface area (TPSA) is 12.0 Å². The lowest BCUT2D eigenvalue weighted by molar-refractivity contribution is 1.00. The number of rotatable bonds is 4. The van der Waals surface area contributed by atoms with Gasteiger partial charge in [0.2, 0.25) is 0 Å². The molecule has 1 aromatic rings. The van der Waals surface area contributed by atoms with Crippen LogP contribution < -0.4 is 5.32 Å². The van der Waals surface area contributed by atoms with E-state index in [1.54, 1.807) is 0 Å². The van der Waals surface area contributed by atoms with Gasteiger partial charge < -0.3 is 5.32 Å². The molecule has 1 rings (SSSR count). The Labute approximate surface area is 102 Å². The highest BCUT2D eigenvalue weighted by Gasteiger charge is 1.98. The van der Waals surface area contributed by atoms with Gasteiger partial charge in [0.15, 0.2) is 0 Å².